The maximum absolute atomic E-state index is 4.27. The molecular weight excluding hydrogens is 148 g/mol. The van der Waals surface area contributed by atoms with Gasteiger partial charge in [0.15, 0.2) is 0 Å². The largest absolute Gasteiger partial charge is 0.371 e. The first-order chi connectivity index (χ1) is 5.95. The fourth-order valence-electron chi connectivity index (χ4n) is 2.37. The molecular formula is C10H12N2. The Kier molecular flexibility index (Phi) is 1.20. The number of hydrogen-bond donors (Lipinski definition) is 0. The van der Waals surface area contributed by atoms with E-state index in [4.69, 9.17) is 0 Å². The molecule has 3 heterocycles. The highest BCUT2D eigenvalue weighted by molar-refractivity contribution is 5.63. The minimum absolute atomic E-state index is 1.20. The van der Waals surface area contributed by atoms with Crippen molar-refractivity contribution in [3.05, 3.63) is 23.5 Å². The van der Waals surface area contributed by atoms with Gasteiger partial charge in [0, 0.05) is 31.2 Å². The van der Waals surface area contributed by atoms with Crippen molar-refractivity contribution in [2.24, 2.45) is 0 Å². The van der Waals surface area contributed by atoms with Crippen LogP contribution in [0.15, 0.2) is 12.4 Å². The molecule has 2 heteroatoms. The Bertz CT molecular complexity index is 320. The van der Waals surface area contributed by atoms with Crippen molar-refractivity contribution < 1.29 is 0 Å². The maximum Gasteiger partial charge on any atom is 0.0463 e. The average Bonchev–Trinajstić information content (AvgIpc) is 2.52. The number of aromatic nitrogens is 1. The van der Waals surface area contributed by atoms with Gasteiger partial charge in [-0.1, -0.05) is 0 Å². The van der Waals surface area contributed by atoms with Crippen molar-refractivity contribution in [1.29, 1.82) is 0 Å². The molecule has 0 unspecified atom stereocenters. The first kappa shape index (κ1) is 6.46. The molecule has 0 radical (unpaired) electrons. The van der Waals surface area contributed by atoms with E-state index in [9.17, 15) is 0 Å². The molecule has 0 saturated carbocycles. The predicted molar refractivity (Wildman–Crippen MR) is 48.5 cm³/mol. The zero-order valence-electron chi connectivity index (χ0n) is 7.08. The molecule has 0 aliphatic carbocycles. The van der Waals surface area contributed by atoms with Crippen molar-refractivity contribution in [2.75, 3.05) is 18.0 Å². The second kappa shape index (κ2) is 2.22. The maximum atomic E-state index is 4.27. The Balaban J connectivity index is 2.23. The molecule has 0 atom stereocenters. The molecule has 2 aliphatic heterocycles. The van der Waals surface area contributed by atoms with Crippen LogP contribution in [0.25, 0.3) is 0 Å². The van der Waals surface area contributed by atoms with Gasteiger partial charge in [0.2, 0.25) is 0 Å². The summed E-state index contributed by atoms with van der Waals surface area (Å²) in [5.41, 5.74) is 4.44. The van der Waals surface area contributed by atoms with Gasteiger partial charge in [0.05, 0.1) is 0 Å². The van der Waals surface area contributed by atoms with Crippen LogP contribution in [0.2, 0.25) is 0 Å². The predicted octanol–water partition coefficient (Wildman–Crippen LogP) is 1.39. The van der Waals surface area contributed by atoms with E-state index >= 15 is 0 Å². The summed E-state index contributed by atoms with van der Waals surface area (Å²) < 4.78 is 0. The number of pyridine rings is 1. The summed E-state index contributed by atoms with van der Waals surface area (Å²) in [6.45, 7) is 2.47. The summed E-state index contributed by atoms with van der Waals surface area (Å²) in [5.74, 6) is 0. The lowest BCUT2D eigenvalue weighted by molar-refractivity contribution is 0.717. The standard InChI is InChI=1S/C10H12N2/c1-2-8-6-11-7-9-3-5-12(4-1)10(8)9/h6-7H,1-5H2. The fraction of sp³-hybridized carbons (Fsp3) is 0.500. The lowest BCUT2D eigenvalue weighted by Crippen LogP contribution is -2.26. The van der Waals surface area contributed by atoms with E-state index in [-0.39, 0.29) is 0 Å². The Hall–Kier alpha value is -1.05. The van der Waals surface area contributed by atoms with Crippen LogP contribution in [0.3, 0.4) is 0 Å². The Labute approximate surface area is 72.2 Å². The molecule has 0 bridgehead atoms. The third-order valence-corrected chi connectivity index (χ3v) is 2.91. The van der Waals surface area contributed by atoms with E-state index < -0.39 is 0 Å². The highest BCUT2D eigenvalue weighted by atomic mass is 15.2. The lowest BCUT2D eigenvalue weighted by Gasteiger charge is -2.26. The van der Waals surface area contributed by atoms with Crippen LogP contribution in [-0.4, -0.2) is 18.1 Å². The van der Waals surface area contributed by atoms with Crippen molar-refractivity contribution in [2.45, 2.75) is 19.3 Å². The van der Waals surface area contributed by atoms with Crippen molar-refractivity contribution in [3.8, 4) is 0 Å². The molecule has 0 amide bonds. The molecule has 0 saturated heterocycles. The molecule has 1 aromatic rings. The summed E-state index contributed by atoms with van der Waals surface area (Å²) in [4.78, 5) is 6.78. The SMILES string of the molecule is c1ncc2c3c1CCCN3CC2. The van der Waals surface area contributed by atoms with Crippen LogP contribution >= 0.6 is 0 Å². The van der Waals surface area contributed by atoms with Crippen molar-refractivity contribution in [3.63, 3.8) is 0 Å². The molecule has 2 nitrogen and oxygen atoms in total. The van der Waals surface area contributed by atoms with Gasteiger partial charge in [-0.05, 0) is 30.4 Å². The second-order valence-corrected chi connectivity index (χ2v) is 3.65. The van der Waals surface area contributed by atoms with E-state index in [1.807, 2.05) is 12.4 Å². The summed E-state index contributed by atoms with van der Waals surface area (Å²) in [5, 5.41) is 0. The third-order valence-electron chi connectivity index (χ3n) is 2.91. The van der Waals surface area contributed by atoms with Crippen LogP contribution in [-0.2, 0) is 12.8 Å². The normalized spacial score (nSPS) is 19.5. The van der Waals surface area contributed by atoms with Gasteiger partial charge in [-0.25, -0.2) is 0 Å². The van der Waals surface area contributed by atoms with E-state index in [1.54, 1.807) is 0 Å². The zero-order valence-corrected chi connectivity index (χ0v) is 7.08. The van der Waals surface area contributed by atoms with Gasteiger partial charge in [-0.2, -0.15) is 0 Å². The van der Waals surface area contributed by atoms with Crippen LogP contribution in [0.4, 0.5) is 5.69 Å². The van der Waals surface area contributed by atoms with Gasteiger partial charge in [0.25, 0.3) is 0 Å². The molecule has 62 valence electrons. The smallest absolute Gasteiger partial charge is 0.0463 e. The number of aryl methyl sites for hydroxylation is 1. The number of hydrogen-bond acceptors (Lipinski definition) is 2. The molecule has 0 N–H and O–H groups in total. The fourth-order valence-corrected chi connectivity index (χ4v) is 2.37. The van der Waals surface area contributed by atoms with E-state index in [0.717, 1.165) is 0 Å². The highest BCUT2D eigenvalue weighted by Crippen LogP contribution is 2.34. The number of rotatable bonds is 0. The van der Waals surface area contributed by atoms with Gasteiger partial charge in [-0.15, -0.1) is 0 Å². The van der Waals surface area contributed by atoms with E-state index in [1.165, 1.54) is 49.2 Å². The van der Waals surface area contributed by atoms with Gasteiger partial charge in [0.1, 0.15) is 0 Å². The summed E-state index contributed by atoms with van der Waals surface area (Å²) >= 11 is 0. The molecule has 12 heavy (non-hydrogen) atoms. The minimum atomic E-state index is 1.20. The van der Waals surface area contributed by atoms with Crippen LogP contribution in [0.1, 0.15) is 17.5 Å². The van der Waals surface area contributed by atoms with Crippen molar-refractivity contribution in [1.82, 2.24) is 4.98 Å². The molecule has 0 fully saturated rings. The minimum Gasteiger partial charge on any atom is -0.371 e. The van der Waals surface area contributed by atoms with Crippen molar-refractivity contribution >= 4 is 5.69 Å². The average molecular weight is 160 g/mol. The van der Waals surface area contributed by atoms with Crippen LogP contribution in [0.5, 0.6) is 0 Å². The molecule has 0 aromatic carbocycles. The lowest BCUT2D eigenvalue weighted by atomic mass is 10.0. The highest BCUT2D eigenvalue weighted by Gasteiger charge is 2.24. The van der Waals surface area contributed by atoms with E-state index in [2.05, 4.69) is 9.88 Å². The monoisotopic (exact) mass is 160 g/mol. The third kappa shape index (κ3) is 0.724. The molecule has 3 rings (SSSR count). The topological polar surface area (TPSA) is 16.1 Å². The Morgan fingerprint density at radius 1 is 1.08 bits per heavy atom. The summed E-state index contributed by atoms with van der Waals surface area (Å²) in [6.07, 6.45) is 7.81. The number of nitrogens with zero attached hydrogens (tertiary/aromatic N) is 2. The van der Waals surface area contributed by atoms with E-state index in [0.29, 0.717) is 0 Å². The van der Waals surface area contributed by atoms with Gasteiger partial charge >= 0.3 is 0 Å². The molecule has 1 aromatic heterocycles. The number of anilines is 1. The van der Waals surface area contributed by atoms with Gasteiger partial charge in [-0.3, -0.25) is 4.98 Å². The molecule has 0 spiro atoms. The Morgan fingerprint density at radius 3 is 2.83 bits per heavy atom. The van der Waals surface area contributed by atoms with Crippen LogP contribution in [0, 0.1) is 0 Å². The first-order valence-electron chi connectivity index (χ1n) is 4.66. The quantitative estimate of drug-likeness (QED) is 0.570. The van der Waals surface area contributed by atoms with Gasteiger partial charge < -0.3 is 4.90 Å². The first-order valence-corrected chi connectivity index (χ1v) is 4.66. The second-order valence-electron chi connectivity index (χ2n) is 3.65. The summed E-state index contributed by atoms with van der Waals surface area (Å²) in [7, 11) is 0. The Morgan fingerprint density at radius 2 is 1.92 bits per heavy atom. The zero-order chi connectivity index (χ0) is 7.97. The molecule has 2 aliphatic rings. The summed E-state index contributed by atoms with van der Waals surface area (Å²) in [6, 6.07) is 0. The van der Waals surface area contributed by atoms with Crippen LogP contribution < -0.4 is 4.90 Å².